The number of rotatable bonds is 14. The zero-order chi connectivity index (χ0) is 22.4. The van der Waals surface area contributed by atoms with E-state index >= 15 is 0 Å². The molecular formula is C27H34N2O3. The number of azo groups is 1. The minimum atomic E-state index is -0.359. The first-order valence-corrected chi connectivity index (χ1v) is 11.9. The first kappa shape index (κ1) is 23.7. The predicted molar refractivity (Wildman–Crippen MR) is 130 cm³/mol. The molecule has 0 saturated carbocycles. The van der Waals surface area contributed by atoms with Gasteiger partial charge in [0.25, 0.3) is 0 Å². The Morgan fingerprint density at radius 3 is 2.06 bits per heavy atom. The molecule has 0 spiro atoms. The van der Waals surface area contributed by atoms with Crippen molar-refractivity contribution in [1.29, 1.82) is 0 Å². The zero-order valence-corrected chi connectivity index (χ0v) is 19.1. The van der Waals surface area contributed by atoms with E-state index < -0.39 is 0 Å². The molecule has 0 radical (unpaired) electrons. The molecule has 1 aromatic heterocycles. The van der Waals surface area contributed by atoms with Crippen LogP contribution < -0.4 is 10.4 Å². The number of ether oxygens (including phenoxy) is 1. The van der Waals surface area contributed by atoms with Crippen molar-refractivity contribution in [2.45, 2.75) is 71.1 Å². The molecule has 0 saturated heterocycles. The van der Waals surface area contributed by atoms with Crippen LogP contribution in [0.1, 0.15) is 71.1 Å². The van der Waals surface area contributed by atoms with Crippen LogP contribution in [0.5, 0.6) is 5.75 Å². The third-order valence-electron chi connectivity index (χ3n) is 5.49. The van der Waals surface area contributed by atoms with Crippen molar-refractivity contribution in [2.75, 3.05) is 6.61 Å². The molecule has 0 amide bonds. The molecule has 0 aliphatic rings. The smallest absolute Gasteiger partial charge is 0.336 e. The van der Waals surface area contributed by atoms with Gasteiger partial charge < -0.3 is 9.15 Å². The lowest BCUT2D eigenvalue weighted by Crippen LogP contribution is -1.96. The molecule has 0 aliphatic carbocycles. The van der Waals surface area contributed by atoms with Gasteiger partial charge in [-0.05, 0) is 55.0 Å². The van der Waals surface area contributed by atoms with Gasteiger partial charge in [0, 0.05) is 11.5 Å². The number of hydrogen-bond acceptors (Lipinski definition) is 5. The van der Waals surface area contributed by atoms with E-state index in [0.29, 0.717) is 11.3 Å². The maximum atomic E-state index is 11.3. The standard InChI is InChI=1S/C27H34N2O3/c1-2-3-4-5-6-7-8-9-10-11-20-31-25-16-13-23(14-17-25)28-29-24-15-18-26-22(21-24)12-19-27(30)32-26/h12-19,21H,2-11,20H2,1H3. The van der Waals surface area contributed by atoms with Gasteiger partial charge in [-0.15, -0.1) is 0 Å². The average Bonchev–Trinajstić information content (AvgIpc) is 2.82. The van der Waals surface area contributed by atoms with Gasteiger partial charge in [0.15, 0.2) is 0 Å². The molecular weight excluding hydrogens is 400 g/mol. The second kappa shape index (κ2) is 13.5. The average molecular weight is 435 g/mol. The molecule has 5 nitrogen and oxygen atoms in total. The molecule has 2 aromatic carbocycles. The van der Waals surface area contributed by atoms with Crippen LogP contribution in [-0.2, 0) is 0 Å². The van der Waals surface area contributed by atoms with E-state index in [4.69, 9.17) is 9.15 Å². The lowest BCUT2D eigenvalue weighted by Gasteiger charge is -2.06. The highest BCUT2D eigenvalue weighted by atomic mass is 16.5. The SMILES string of the molecule is CCCCCCCCCCCCOc1ccc(N=Nc2ccc3oc(=O)ccc3c2)cc1. The Morgan fingerprint density at radius 1 is 0.719 bits per heavy atom. The molecule has 0 N–H and O–H groups in total. The Bertz CT molecular complexity index is 1030. The number of benzene rings is 2. The van der Waals surface area contributed by atoms with Crippen molar-refractivity contribution >= 4 is 22.3 Å². The molecule has 5 heteroatoms. The van der Waals surface area contributed by atoms with Crippen molar-refractivity contribution in [2.24, 2.45) is 10.2 Å². The molecule has 170 valence electrons. The van der Waals surface area contributed by atoms with E-state index in [2.05, 4.69) is 17.2 Å². The Kier molecular flexibility index (Phi) is 9.97. The van der Waals surface area contributed by atoms with Crippen molar-refractivity contribution in [3.8, 4) is 5.75 Å². The summed E-state index contributed by atoms with van der Waals surface area (Å²) in [5.41, 5.74) is 1.64. The summed E-state index contributed by atoms with van der Waals surface area (Å²) in [4.78, 5) is 11.3. The van der Waals surface area contributed by atoms with E-state index in [0.717, 1.165) is 29.9 Å². The van der Waals surface area contributed by atoms with Crippen molar-refractivity contribution in [1.82, 2.24) is 0 Å². The summed E-state index contributed by atoms with van der Waals surface area (Å²) in [6, 6.07) is 16.1. The molecule has 32 heavy (non-hydrogen) atoms. The van der Waals surface area contributed by atoms with E-state index in [1.54, 1.807) is 18.2 Å². The predicted octanol–water partition coefficient (Wildman–Crippen LogP) is 8.51. The molecule has 0 atom stereocenters. The van der Waals surface area contributed by atoms with Gasteiger partial charge in [0.05, 0.1) is 18.0 Å². The minimum absolute atomic E-state index is 0.359. The minimum Gasteiger partial charge on any atom is -0.494 e. The van der Waals surface area contributed by atoms with Gasteiger partial charge in [-0.25, -0.2) is 4.79 Å². The molecule has 0 unspecified atom stereocenters. The molecule has 1 heterocycles. The van der Waals surface area contributed by atoms with E-state index in [9.17, 15) is 4.79 Å². The third-order valence-corrected chi connectivity index (χ3v) is 5.49. The Labute approximate surface area is 190 Å². The van der Waals surface area contributed by atoms with Crippen LogP contribution >= 0.6 is 0 Å². The number of hydrogen-bond donors (Lipinski definition) is 0. The molecule has 0 aliphatic heterocycles. The summed E-state index contributed by atoms with van der Waals surface area (Å²) >= 11 is 0. The van der Waals surface area contributed by atoms with Crippen LogP contribution in [0.25, 0.3) is 11.0 Å². The molecule has 3 rings (SSSR count). The number of unbranched alkanes of at least 4 members (excludes halogenated alkanes) is 9. The summed E-state index contributed by atoms with van der Waals surface area (Å²) in [5.74, 6) is 0.862. The zero-order valence-electron chi connectivity index (χ0n) is 19.1. The highest BCUT2D eigenvalue weighted by Gasteiger charge is 2.00. The van der Waals surface area contributed by atoms with Crippen LogP contribution in [0.2, 0.25) is 0 Å². The molecule has 0 fully saturated rings. The first-order chi connectivity index (χ1) is 15.7. The summed E-state index contributed by atoms with van der Waals surface area (Å²) in [7, 11) is 0. The van der Waals surface area contributed by atoms with Gasteiger partial charge >= 0.3 is 5.63 Å². The van der Waals surface area contributed by atoms with E-state index in [1.807, 2.05) is 30.3 Å². The largest absolute Gasteiger partial charge is 0.494 e. The van der Waals surface area contributed by atoms with E-state index in [-0.39, 0.29) is 5.63 Å². The monoisotopic (exact) mass is 434 g/mol. The van der Waals surface area contributed by atoms with Crippen LogP contribution in [0.15, 0.2) is 74.0 Å². The van der Waals surface area contributed by atoms with Crippen LogP contribution in [0.3, 0.4) is 0 Å². The van der Waals surface area contributed by atoms with Gasteiger partial charge in [0.1, 0.15) is 11.3 Å². The van der Waals surface area contributed by atoms with Gasteiger partial charge in [-0.2, -0.15) is 10.2 Å². The fraction of sp³-hybridized carbons (Fsp3) is 0.444. The normalized spacial score (nSPS) is 11.4. The molecule has 3 aromatic rings. The second-order valence-electron chi connectivity index (χ2n) is 8.20. The Morgan fingerprint density at radius 2 is 1.34 bits per heavy atom. The number of fused-ring (bicyclic) bond motifs is 1. The summed E-state index contributed by atoms with van der Waals surface area (Å²) in [6.07, 6.45) is 13.2. The fourth-order valence-corrected chi connectivity index (χ4v) is 3.63. The van der Waals surface area contributed by atoms with Crippen molar-refractivity contribution in [3.63, 3.8) is 0 Å². The van der Waals surface area contributed by atoms with Crippen LogP contribution in [0.4, 0.5) is 11.4 Å². The van der Waals surface area contributed by atoms with Crippen LogP contribution in [-0.4, -0.2) is 6.61 Å². The van der Waals surface area contributed by atoms with E-state index in [1.165, 1.54) is 63.9 Å². The van der Waals surface area contributed by atoms with Crippen LogP contribution in [0, 0.1) is 0 Å². The highest BCUT2D eigenvalue weighted by molar-refractivity contribution is 5.79. The van der Waals surface area contributed by atoms with Gasteiger partial charge in [-0.1, -0.05) is 64.7 Å². The van der Waals surface area contributed by atoms with Gasteiger partial charge in [-0.3, -0.25) is 0 Å². The van der Waals surface area contributed by atoms with Gasteiger partial charge in [0.2, 0.25) is 0 Å². The Hall–Kier alpha value is -2.95. The third kappa shape index (κ3) is 8.29. The number of nitrogens with zero attached hydrogens (tertiary/aromatic N) is 2. The van der Waals surface area contributed by atoms with Crippen molar-refractivity contribution in [3.05, 3.63) is 65.0 Å². The lowest BCUT2D eigenvalue weighted by atomic mass is 10.1. The lowest BCUT2D eigenvalue weighted by molar-refractivity contribution is 0.304. The van der Waals surface area contributed by atoms with Crippen molar-refractivity contribution < 1.29 is 9.15 Å². The fourth-order valence-electron chi connectivity index (χ4n) is 3.63. The quantitative estimate of drug-likeness (QED) is 0.145. The second-order valence-corrected chi connectivity index (χ2v) is 8.20. The summed E-state index contributed by atoms with van der Waals surface area (Å²) in [5, 5.41) is 9.37. The maximum absolute atomic E-state index is 11.3. The maximum Gasteiger partial charge on any atom is 0.336 e. The topological polar surface area (TPSA) is 64.2 Å². The first-order valence-electron chi connectivity index (χ1n) is 11.9. The summed E-state index contributed by atoms with van der Waals surface area (Å²) in [6.45, 7) is 3.02. The Balaban J connectivity index is 1.33. The molecule has 0 bridgehead atoms. The summed E-state index contributed by atoms with van der Waals surface area (Å²) < 4.78 is 11.0. The highest BCUT2D eigenvalue weighted by Crippen LogP contribution is 2.24.